The highest BCUT2D eigenvalue weighted by atomic mass is 16.4. The van der Waals surface area contributed by atoms with Gasteiger partial charge in [0.25, 0.3) is 0 Å². The number of carbonyl (C=O) groups is 3. The maximum absolute atomic E-state index is 11.6. The van der Waals surface area contributed by atoms with E-state index in [1.54, 1.807) is 0 Å². The minimum Gasteiger partial charge on any atom is -0.481 e. The molecule has 17 heavy (non-hydrogen) atoms. The molecule has 1 unspecified atom stereocenters. The Hall–Kier alpha value is -1.59. The van der Waals surface area contributed by atoms with Gasteiger partial charge in [-0.05, 0) is 18.8 Å². The summed E-state index contributed by atoms with van der Waals surface area (Å²) in [4.78, 5) is 32.9. The van der Waals surface area contributed by atoms with Crippen LogP contribution < -0.4 is 10.6 Å². The summed E-state index contributed by atoms with van der Waals surface area (Å²) in [6, 6.07) is -0.422. The van der Waals surface area contributed by atoms with Gasteiger partial charge < -0.3 is 15.7 Å². The number of carboxylic acids is 1. The fourth-order valence-electron chi connectivity index (χ4n) is 1.68. The van der Waals surface area contributed by atoms with Gasteiger partial charge in [-0.15, -0.1) is 0 Å². The van der Waals surface area contributed by atoms with Crippen LogP contribution >= 0.6 is 0 Å². The molecule has 0 aromatic rings. The summed E-state index contributed by atoms with van der Waals surface area (Å²) in [6.07, 6.45) is 1.57. The molecule has 2 amide bonds. The van der Waals surface area contributed by atoms with Gasteiger partial charge in [-0.3, -0.25) is 14.4 Å². The van der Waals surface area contributed by atoms with Crippen molar-refractivity contribution in [2.45, 2.75) is 38.6 Å². The third-order valence-corrected chi connectivity index (χ3v) is 2.79. The molecule has 3 N–H and O–H groups in total. The van der Waals surface area contributed by atoms with Gasteiger partial charge in [0.2, 0.25) is 11.8 Å². The lowest BCUT2D eigenvalue weighted by molar-refractivity contribution is -0.137. The summed E-state index contributed by atoms with van der Waals surface area (Å²) in [6.45, 7) is 2.33. The molecule has 1 aliphatic heterocycles. The van der Waals surface area contributed by atoms with Crippen LogP contribution in [0.1, 0.15) is 32.6 Å². The lowest BCUT2D eigenvalue weighted by atomic mass is 10.1. The van der Waals surface area contributed by atoms with Crippen LogP contribution in [0.5, 0.6) is 0 Å². The van der Waals surface area contributed by atoms with E-state index in [1.165, 1.54) is 0 Å². The second-order valence-corrected chi connectivity index (χ2v) is 4.44. The van der Waals surface area contributed by atoms with E-state index in [4.69, 9.17) is 5.11 Å². The Morgan fingerprint density at radius 2 is 2.29 bits per heavy atom. The number of rotatable bonds is 6. The Morgan fingerprint density at radius 3 is 2.82 bits per heavy atom. The van der Waals surface area contributed by atoms with Gasteiger partial charge in [0, 0.05) is 19.4 Å². The number of amides is 2. The fourth-order valence-corrected chi connectivity index (χ4v) is 1.68. The average Bonchev–Trinajstić information content (AvgIpc) is 2.70. The topological polar surface area (TPSA) is 95.5 Å². The minimum atomic E-state index is -0.828. The van der Waals surface area contributed by atoms with Crippen molar-refractivity contribution in [3.05, 3.63) is 0 Å². The zero-order valence-corrected chi connectivity index (χ0v) is 9.86. The summed E-state index contributed by atoms with van der Waals surface area (Å²) < 4.78 is 0. The van der Waals surface area contributed by atoms with E-state index in [0.717, 1.165) is 0 Å². The maximum atomic E-state index is 11.6. The molecule has 1 saturated heterocycles. The first-order chi connectivity index (χ1) is 7.99. The Bertz CT molecular complexity index is 317. The van der Waals surface area contributed by atoms with Crippen molar-refractivity contribution in [1.29, 1.82) is 0 Å². The zero-order chi connectivity index (χ0) is 12.8. The minimum absolute atomic E-state index is 0.0934. The third kappa shape index (κ3) is 4.84. The van der Waals surface area contributed by atoms with Gasteiger partial charge in [0.1, 0.15) is 6.04 Å². The van der Waals surface area contributed by atoms with E-state index in [0.29, 0.717) is 25.8 Å². The number of nitrogens with one attached hydrogen (secondary N) is 2. The molecule has 96 valence electrons. The van der Waals surface area contributed by atoms with E-state index in [9.17, 15) is 14.4 Å². The summed E-state index contributed by atoms with van der Waals surface area (Å²) in [5, 5.41) is 13.8. The Balaban J connectivity index is 2.19. The molecule has 0 aliphatic carbocycles. The second kappa shape index (κ2) is 6.22. The van der Waals surface area contributed by atoms with E-state index in [-0.39, 0.29) is 24.2 Å². The van der Waals surface area contributed by atoms with Crippen molar-refractivity contribution in [2.75, 3.05) is 6.54 Å². The molecule has 0 radical (unpaired) electrons. The molecule has 0 spiro atoms. The molecule has 1 rings (SSSR count). The van der Waals surface area contributed by atoms with E-state index in [2.05, 4.69) is 10.6 Å². The van der Waals surface area contributed by atoms with Crippen LogP contribution in [0.15, 0.2) is 0 Å². The highest BCUT2D eigenvalue weighted by molar-refractivity contribution is 5.90. The molecule has 6 nitrogen and oxygen atoms in total. The summed E-state index contributed by atoms with van der Waals surface area (Å²) in [5.74, 6) is -0.986. The van der Waals surface area contributed by atoms with E-state index >= 15 is 0 Å². The predicted octanol–water partition coefficient (Wildman–Crippen LogP) is -0.118. The first-order valence-corrected chi connectivity index (χ1v) is 5.78. The predicted molar refractivity (Wildman–Crippen MR) is 60.2 cm³/mol. The average molecular weight is 242 g/mol. The van der Waals surface area contributed by atoms with Crippen molar-refractivity contribution in [3.8, 4) is 0 Å². The van der Waals surface area contributed by atoms with Crippen LogP contribution in [0.2, 0.25) is 0 Å². The molecule has 1 aliphatic rings. The molecule has 1 heterocycles. The van der Waals surface area contributed by atoms with Gasteiger partial charge in [-0.25, -0.2) is 0 Å². The standard InChI is InChI=1S/C11H18N2O4/c1-7(2-5-10(15)16)6-12-11(17)8-3-4-9(14)13-8/h7-8H,2-6H2,1H3,(H,12,17)(H,13,14)(H,15,16)/t7?,8-/m0/s1. The molecule has 0 bridgehead atoms. The quantitative estimate of drug-likeness (QED) is 0.605. The largest absolute Gasteiger partial charge is 0.481 e. The summed E-state index contributed by atoms with van der Waals surface area (Å²) in [7, 11) is 0. The first-order valence-electron chi connectivity index (χ1n) is 5.78. The van der Waals surface area contributed by atoms with Gasteiger partial charge in [0.05, 0.1) is 0 Å². The number of aliphatic carboxylic acids is 1. The molecule has 0 saturated carbocycles. The SMILES string of the molecule is CC(CCC(=O)O)CNC(=O)[C@@H]1CCC(=O)N1. The molecular formula is C11H18N2O4. The highest BCUT2D eigenvalue weighted by Gasteiger charge is 2.26. The number of carboxylic acid groups (broad SMARTS) is 1. The van der Waals surface area contributed by atoms with Crippen molar-refractivity contribution in [1.82, 2.24) is 10.6 Å². The Kier molecular flexibility index (Phi) is 4.93. The van der Waals surface area contributed by atoms with Crippen LogP contribution in [0.4, 0.5) is 0 Å². The normalized spacial score (nSPS) is 20.8. The van der Waals surface area contributed by atoms with Crippen LogP contribution in [0, 0.1) is 5.92 Å². The fraction of sp³-hybridized carbons (Fsp3) is 0.727. The number of hydrogen-bond acceptors (Lipinski definition) is 3. The molecular weight excluding hydrogens is 224 g/mol. The molecule has 2 atom stereocenters. The van der Waals surface area contributed by atoms with Gasteiger partial charge in [0.15, 0.2) is 0 Å². The van der Waals surface area contributed by atoms with E-state index < -0.39 is 12.0 Å². The van der Waals surface area contributed by atoms with E-state index in [1.807, 2.05) is 6.92 Å². The van der Waals surface area contributed by atoms with Crippen molar-refractivity contribution in [3.63, 3.8) is 0 Å². The van der Waals surface area contributed by atoms with Crippen LogP contribution in [-0.4, -0.2) is 35.5 Å². The Labute approximate surface area is 99.8 Å². The van der Waals surface area contributed by atoms with Gasteiger partial charge in [-0.1, -0.05) is 6.92 Å². The van der Waals surface area contributed by atoms with Crippen molar-refractivity contribution < 1.29 is 19.5 Å². The molecule has 0 aromatic carbocycles. The maximum Gasteiger partial charge on any atom is 0.303 e. The van der Waals surface area contributed by atoms with Crippen molar-refractivity contribution >= 4 is 17.8 Å². The summed E-state index contributed by atoms with van der Waals surface area (Å²) in [5.41, 5.74) is 0. The Morgan fingerprint density at radius 1 is 1.59 bits per heavy atom. The number of carbonyl (C=O) groups excluding carboxylic acids is 2. The highest BCUT2D eigenvalue weighted by Crippen LogP contribution is 2.07. The van der Waals surface area contributed by atoms with Gasteiger partial charge >= 0.3 is 5.97 Å². The first kappa shape index (κ1) is 13.5. The third-order valence-electron chi connectivity index (χ3n) is 2.79. The van der Waals surface area contributed by atoms with Gasteiger partial charge in [-0.2, -0.15) is 0 Å². The van der Waals surface area contributed by atoms with Crippen LogP contribution in [0.25, 0.3) is 0 Å². The number of hydrogen-bond donors (Lipinski definition) is 3. The molecule has 1 fully saturated rings. The molecule has 0 aromatic heterocycles. The lowest BCUT2D eigenvalue weighted by Crippen LogP contribution is -2.43. The lowest BCUT2D eigenvalue weighted by Gasteiger charge is -2.14. The molecule has 6 heteroatoms. The smallest absolute Gasteiger partial charge is 0.303 e. The summed E-state index contributed by atoms with van der Waals surface area (Å²) >= 11 is 0. The monoisotopic (exact) mass is 242 g/mol. The second-order valence-electron chi connectivity index (χ2n) is 4.44. The van der Waals surface area contributed by atoms with Crippen LogP contribution in [-0.2, 0) is 14.4 Å². The zero-order valence-electron chi connectivity index (χ0n) is 9.86. The van der Waals surface area contributed by atoms with Crippen molar-refractivity contribution in [2.24, 2.45) is 5.92 Å². The van der Waals surface area contributed by atoms with Crippen LogP contribution in [0.3, 0.4) is 0 Å².